The monoisotopic (exact) mass is 385 g/mol. The molecule has 9 heteroatoms. The molecule has 1 atom stereocenters. The van der Waals surface area contributed by atoms with Crippen molar-refractivity contribution in [3.63, 3.8) is 0 Å². The Morgan fingerprint density at radius 3 is 3.04 bits per heavy atom. The van der Waals surface area contributed by atoms with Crippen molar-refractivity contribution in [2.75, 3.05) is 25.0 Å². The summed E-state index contributed by atoms with van der Waals surface area (Å²) in [5, 5.41) is 7.29. The highest BCUT2D eigenvalue weighted by Gasteiger charge is 2.31. The molecular formula is C19H17F2N5O2. The molecule has 5 rings (SSSR count). The number of carbonyl (C=O) groups is 1. The molecule has 4 heterocycles. The van der Waals surface area contributed by atoms with E-state index in [0.29, 0.717) is 48.4 Å². The van der Waals surface area contributed by atoms with Crippen molar-refractivity contribution in [1.82, 2.24) is 19.5 Å². The predicted molar refractivity (Wildman–Crippen MR) is 97.1 cm³/mol. The van der Waals surface area contributed by atoms with Crippen LogP contribution in [0.3, 0.4) is 0 Å². The van der Waals surface area contributed by atoms with Gasteiger partial charge in [0.25, 0.3) is 5.88 Å². The summed E-state index contributed by atoms with van der Waals surface area (Å²) in [4.78, 5) is 18.2. The standard InChI is InChI=1S/C19H17F2N5O2/c20-12-5-11-6-13(7-12)22-3-4-25-14(1-2-17(25)27)10-28-19-16(21)9-26-18(24-19)15(11)8-23-26/h5-9,14,22H,1-4,10H2/t14-/m0/s1. The topological polar surface area (TPSA) is 71.8 Å². The number of amides is 1. The lowest BCUT2D eigenvalue weighted by molar-refractivity contribution is -0.129. The average Bonchev–Trinajstić information content (AvgIpc) is 3.22. The number of rotatable bonds is 0. The van der Waals surface area contributed by atoms with Crippen molar-refractivity contribution < 1.29 is 18.3 Å². The van der Waals surface area contributed by atoms with Crippen LogP contribution >= 0.6 is 0 Å². The maximum absolute atomic E-state index is 14.4. The number of anilines is 1. The van der Waals surface area contributed by atoms with E-state index in [4.69, 9.17) is 4.74 Å². The van der Waals surface area contributed by atoms with Crippen LogP contribution in [0.5, 0.6) is 5.88 Å². The van der Waals surface area contributed by atoms with E-state index in [0.717, 1.165) is 0 Å². The summed E-state index contributed by atoms with van der Waals surface area (Å²) >= 11 is 0. The summed E-state index contributed by atoms with van der Waals surface area (Å²) in [6, 6.07) is 4.40. The van der Waals surface area contributed by atoms with E-state index in [1.807, 2.05) is 0 Å². The highest BCUT2D eigenvalue weighted by molar-refractivity contribution is 5.80. The van der Waals surface area contributed by atoms with Crippen LogP contribution in [-0.4, -0.2) is 51.1 Å². The van der Waals surface area contributed by atoms with E-state index < -0.39 is 11.6 Å². The van der Waals surface area contributed by atoms with E-state index >= 15 is 0 Å². The Bertz CT molecular complexity index is 1080. The summed E-state index contributed by atoms with van der Waals surface area (Å²) in [6.07, 6.45) is 3.78. The van der Waals surface area contributed by atoms with Crippen LogP contribution in [0.15, 0.2) is 30.6 Å². The smallest absolute Gasteiger partial charge is 0.254 e. The third-order valence-electron chi connectivity index (χ3n) is 5.17. The van der Waals surface area contributed by atoms with Gasteiger partial charge in [0.15, 0.2) is 5.65 Å². The van der Waals surface area contributed by atoms with Crippen LogP contribution in [0, 0.1) is 11.6 Å². The van der Waals surface area contributed by atoms with Crippen molar-refractivity contribution in [2.24, 2.45) is 0 Å². The lowest BCUT2D eigenvalue weighted by Gasteiger charge is -2.25. The molecule has 0 aliphatic carbocycles. The molecule has 2 aromatic heterocycles. The molecule has 144 valence electrons. The molecule has 2 aliphatic heterocycles. The number of halogens is 2. The van der Waals surface area contributed by atoms with E-state index in [9.17, 15) is 13.6 Å². The zero-order valence-electron chi connectivity index (χ0n) is 14.9. The second kappa shape index (κ2) is 6.43. The Labute approximate surface area is 158 Å². The Kier molecular flexibility index (Phi) is 3.88. The largest absolute Gasteiger partial charge is 0.473 e. The number of aromatic nitrogens is 3. The van der Waals surface area contributed by atoms with E-state index in [1.165, 1.54) is 29.0 Å². The molecule has 0 unspecified atom stereocenters. The first kappa shape index (κ1) is 16.9. The quantitative estimate of drug-likeness (QED) is 0.644. The minimum absolute atomic E-state index is 0.0318. The summed E-state index contributed by atoms with van der Waals surface area (Å²) in [6.45, 7) is 1.08. The number of hydrogen-bond acceptors (Lipinski definition) is 5. The van der Waals surface area contributed by atoms with Crippen molar-refractivity contribution >= 4 is 17.2 Å². The number of benzene rings is 1. The summed E-state index contributed by atoms with van der Waals surface area (Å²) in [7, 11) is 0. The van der Waals surface area contributed by atoms with Gasteiger partial charge in [-0.15, -0.1) is 0 Å². The van der Waals surface area contributed by atoms with Gasteiger partial charge in [0.05, 0.1) is 18.4 Å². The maximum Gasteiger partial charge on any atom is 0.254 e. The van der Waals surface area contributed by atoms with Crippen molar-refractivity contribution in [3.05, 3.63) is 42.2 Å². The fourth-order valence-electron chi connectivity index (χ4n) is 3.80. The van der Waals surface area contributed by atoms with E-state index in [-0.39, 0.29) is 24.4 Å². The van der Waals surface area contributed by atoms with Gasteiger partial charge >= 0.3 is 0 Å². The van der Waals surface area contributed by atoms with E-state index in [1.54, 1.807) is 11.0 Å². The average molecular weight is 385 g/mol. The Morgan fingerprint density at radius 1 is 1.25 bits per heavy atom. The molecule has 1 saturated heterocycles. The fraction of sp³-hybridized carbons (Fsp3) is 0.316. The SMILES string of the molecule is O=C1CC[C@H]2COc3nc4c(cnn4cc3F)-c3cc(F)cc(c3)NCCN12. The molecule has 7 nitrogen and oxygen atoms in total. The molecule has 4 bridgehead atoms. The van der Waals surface area contributed by atoms with Crippen LogP contribution in [-0.2, 0) is 4.79 Å². The van der Waals surface area contributed by atoms with Crippen molar-refractivity contribution in [3.8, 4) is 17.0 Å². The van der Waals surface area contributed by atoms with Crippen LogP contribution in [0.25, 0.3) is 16.8 Å². The van der Waals surface area contributed by atoms with Crippen LogP contribution in [0.4, 0.5) is 14.5 Å². The number of carbonyl (C=O) groups excluding carboxylic acids is 1. The molecule has 1 amide bonds. The van der Waals surface area contributed by atoms with Gasteiger partial charge in [0.2, 0.25) is 11.7 Å². The summed E-state index contributed by atoms with van der Waals surface area (Å²) in [5.74, 6) is -1.18. The Hall–Kier alpha value is -3.23. The zero-order chi connectivity index (χ0) is 19.3. The molecule has 0 radical (unpaired) electrons. The van der Waals surface area contributed by atoms with Gasteiger partial charge in [0, 0.05) is 30.8 Å². The predicted octanol–water partition coefficient (Wildman–Crippen LogP) is 2.47. The maximum atomic E-state index is 14.4. The first-order valence-electron chi connectivity index (χ1n) is 9.09. The first-order chi connectivity index (χ1) is 13.6. The molecule has 0 spiro atoms. The lowest BCUT2D eigenvalue weighted by Crippen LogP contribution is -2.40. The van der Waals surface area contributed by atoms with E-state index in [2.05, 4.69) is 15.4 Å². The minimum atomic E-state index is -0.647. The number of fused-ring (bicyclic) bond motifs is 5. The van der Waals surface area contributed by atoms with Gasteiger partial charge in [-0.3, -0.25) is 4.79 Å². The summed E-state index contributed by atoms with van der Waals surface area (Å²) < 4.78 is 35.5. The molecule has 28 heavy (non-hydrogen) atoms. The molecule has 2 aliphatic rings. The van der Waals surface area contributed by atoms with Crippen molar-refractivity contribution in [2.45, 2.75) is 18.9 Å². The van der Waals surface area contributed by atoms with Gasteiger partial charge in [-0.1, -0.05) is 0 Å². The third kappa shape index (κ3) is 2.83. The Balaban J connectivity index is 1.64. The van der Waals surface area contributed by atoms with Gasteiger partial charge in [-0.25, -0.2) is 8.91 Å². The second-order valence-electron chi connectivity index (χ2n) is 6.97. The highest BCUT2D eigenvalue weighted by atomic mass is 19.1. The molecular weight excluding hydrogens is 368 g/mol. The zero-order valence-corrected chi connectivity index (χ0v) is 14.9. The third-order valence-corrected chi connectivity index (χ3v) is 5.17. The number of ether oxygens (including phenoxy) is 1. The molecule has 1 N–H and O–H groups in total. The van der Waals surface area contributed by atoms with Crippen molar-refractivity contribution in [1.29, 1.82) is 0 Å². The van der Waals surface area contributed by atoms with Gasteiger partial charge in [-0.05, 0) is 30.2 Å². The normalized spacial score (nSPS) is 19.3. The molecule has 3 aromatic rings. The first-order valence-corrected chi connectivity index (χ1v) is 9.09. The molecule has 0 saturated carbocycles. The number of nitrogens with zero attached hydrogens (tertiary/aromatic N) is 4. The number of hydrogen-bond donors (Lipinski definition) is 1. The highest BCUT2D eigenvalue weighted by Crippen LogP contribution is 2.30. The number of nitrogens with one attached hydrogen (secondary N) is 1. The van der Waals surface area contributed by atoms with Gasteiger partial charge in [-0.2, -0.15) is 14.5 Å². The minimum Gasteiger partial charge on any atom is -0.473 e. The molecule has 1 aromatic carbocycles. The van der Waals surface area contributed by atoms with Gasteiger partial charge in [0.1, 0.15) is 12.4 Å². The lowest BCUT2D eigenvalue weighted by atomic mass is 10.1. The van der Waals surface area contributed by atoms with Crippen LogP contribution < -0.4 is 10.1 Å². The second-order valence-corrected chi connectivity index (χ2v) is 6.97. The van der Waals surface area contributed by atoms with Crippen LogP contribution in [0.1, 0.15) is 12.8 Å². The fourth-order valence-corrected chi connectivity index (χ4v) is 3.80. The summed E-state index contributed by atoms with van der Waals surface area (Å²) in [5.41, 5.74) is 2.09. The Morgan fingerprint density at radius 2 is 2.14 bits per heavy atom. The van der Waals surface area contributed by atoms with Crippen LogP contribution in [0.2, 0.25) is 0 Å². The molecule has 1 fully saturated rings. The van der Waals surface area contributed by atoms with Gasteiger partial charge < -0.3 is 15.0 Å².